The summed E-state index contributed by atoms with van der Waals surface area (Å²) in [6.45, 7) is 0.895. The molecule has 0 aliphatic rings. The van der Waals surface area contributed by atoms with Gasteiger partial charge in [0.25, 0.3) is 0 Å². The average Bonchev–Trinajstić information content (AvgIpc) is 2.39. The smallest absolute Gasteiger partial charge is 0.322 e. The van der Waals surface area contributed by atoms with Crippen LogP contribution in [0.3, 0.4) is 0 Å². The van der Waals surface area contributed by atoms with E-state index in [-0.39, 0.29) is 12.8 Å². The first kappa shape index (κ1) is 14.9. The molecular formula is C10H18N4O5. The molecule has 9 nitrogen and oxygen atoms in total. The van der Waals surface area contributed by atoms with Crippen LogP contribution in [0.2, 0.25) is 1.41 Å². The van der Waals surface area contributed by atoms with E-state index >= 15 is 0 Å². The number of hydrogen-bond acceptors (Lipinski definition) is 5. The van der Waals surface area contributed by atoms with Gasteiger partial charge in [0.1, 0.15) is 14.0 Å². The lowest BCUT2D eigenvalue weighted by atomic mass is 10.1. The Morgan fingerprint density at radius 2 is 2.00 bits per heavy atom. The van der Waals surface area contributed by atoms with E-state index < -0.39 is 42.3 Å². The highest BCUT2D eigenvalue weighted by Crippen LogP contribution is 1.98. The number of primary amides is 1. The quantitative estimate of drug-likeness (QED) is 0.307. The molecule has 0 aromatic rings. The molecule has 19 heavy (non-hydrogen) atoms. The van der Waals surface area contributed by atoms with Crippen molar-refractivity contribution in [2.45, 2.75) is 31.8 Å². The van der Waals surface area contributed by atoms with Crippen LogP contribution >= 0.6 is 0 Å². The third-order valence-electron chi connectivity index (χ3n) is 2.15. The zero-order valence-corrected chi connectivity index (χ0v) is 10.4. The van der Waals surface area contributed by atoms with Crippen molar-refractivity contribution in [1.29, 1.82) is 0 Å². The van der Waals surface area contributed by atoms with Gasteiger partial charge in [-0.15, -0.1) is 0 Å². The largest absolute Gasteiger partial charge is 0.480 e. The molecule has 0 spiro atoms. The molecule has 0 fully saturated rings. The van der Waals surface area contributed by atoms with Gasteiger partial charge in [0, 0.05) is 6.42 Å². The number of carbonyl (C=O) groups excluding carboxylic acids is 3. The van der Waals surface area contributed by atoms with Gasteiger partial charge >= 0.3 is 5.97 Å². The number of carboxylic acid groups (broad SMARTS) is 1. The molecule has 0 saturated carbocycles. The van der Waals surface area contributed by atoms with Gasteiger partial charge in [-0.25, -0.2) is 0 Å². The summed E-state index contributed by atoms with van der Waals surface area (Å²) < 4.78 is 6.81. The predicted octanol–water partition coefficient (Wildman–Crippen LogP) is -2.72. The number of hydrogen-bond donors (Lipinski definition) is 5. The van der Waals surface area contributed by atoms with Crippen molar-refractivity contribution in [2.75, 3.05) is 6.54 Å². The maximum absolute atomic E-state index is 11.5. The fourth-order valence-corrected chi connectivity index (χ4v) is 1.12. The Morgan fingerprint density at radius 3 is 2.47 bits per heavy atom. The maximum atomic E-state index is 11.5. The highest BCUT2D eigenvalue weighted by molar-refractivity contribution is 5.89. The Balaban J connectivity index is 4.28. The second-order valence-corrected chi connectivity index (χ2v) is 3.89. The van der Waals surface area contributed by atoms with Crippen LogP contribution < -0.4 is 22.1 Å². The summed E-state index contributed by atoms with van der Waals surface area (Å²) >= 11 is 0. The van der Waals surface area contributed by atoms with Crippen molar-refractivity contribution in [3.05, 3.63) is 0 Å². The molecule has 0 saturated heterocycles. The number of amides is 3. The van der Waals surface area contributed by atoms with E-state index in [2.05, 4.69) is 10.6 Å². The number of aliphatic carboxylic acids is 1. The highest BCUT2D eigenvalue weighted by atomic mass is 16.4. The van der Waals surface area contributed by atoms with Gasteiger partial charge in [-0.05, 0) is 13.3 Å². The van der Waals surface area contributed by atoms with Gasteiger partial charge in [-0.3, -0.25) is 19.2 Å². The zero-order valence-electron chi connectivity index (χ0n) is 11.4. The molecule has 2 atom stereocenters. The first-order valence-electron chi connectivity index (χ1n) is 6.03. The van der Waals surface area contributed by atoms with Crippen LogP contribution in [0, 0.1) is 0 Å². The summed E-state index contributed by atoms with van der Waals surface area (Å²) in [6.07, 6.45) is -0.221. The minimum absolute atomic E-state index is 0.0583. The molecule has 0 rings (SSSR count). The summed E-state index contributed by atoms with van der Waals surface area (Å²) in [5, 5.41) is 12.8. The zero-order chi connectivity index (χ0) is 15.7. The number of carboxylic acids is 1. The summed E-state index contributed by atoms with van der Waals surface area (Å²) in [6, 6.07) is -1.90. The Labute approximate surface area is 111 Å². The highest BCUT2D eigenvalue weighted by Gasteiger charge is 2.20. The number of nitrogens with two attached hydrogens (primary N) is 2. The van der Waals surface area contributed by atoms with Crippen LogP contribution in [-0.4, -0.2) is 47.4 Å². The lowest BCUT2D eigenvalue weighted by Crippen LogP contribution is -2.49. The van der Waals surface area contributed by atoms with Gasteiger partial charge < -0.3 is 27.2 Å². The SMILES string of the molecule is [2H]N[C@@H](C)C(=O)N[C@@H](CCC(=O)NCC(=O)O)C(N)=O. The molecule has 0 aromatic heterocycles. The summed E-state index contributed by atoms with van der Waals surface area (Å²) in [5.74, 6) is -3.18. The summed E-state index contributed by atoms with van der Waals surface area (Å²) in [4.78, 5) is 44.1. The standard InChI is InChI=1S/C10H18N4O5/c1-5(11)10(19)14-6(9(12)18)2-3-7(15)13-4-8(16)17/h5-6H,2-4,11H2,1H3,(H2,12,18)(H,13,15)(H,14,19)(H,16,17)/t5-,6-/m0/s1/i/hD. The van der Waals surface area contributed by atoms with Crippen molar-refractivity contribution in [3.63, 3.8) is 0 Å². The van der Waals surface area contributed by atoms with Gasteiger partial charge in [-0.2, -0.15) is 0 Å². The lowest BCUT2D eigenvalue weighted by Gasteiger charge is -2.16. The topological polar surface area (TPSA) is 165 Å². The molecule has 0 radical (unpaired) electrons. The van der Waals surface area contributed by atoms with Crippen molar-refractivity contribution < 1.29 is 25.7 Å². The van der Waals surface area contributed by atoms with Gasteiger partial charge in [0.2, 0.25) is 17.7 Å². The van der Waals surface area contributed by atoms with Gasteiger partial charge in [0.05, 0.1) is 6.04 Å². The van der Waals surface area contributed by atoms with Crippen LogP contribution in [0.1, 0.15) is 19.8 Å². The van der Waals surface area contributed by atoms with Crippen molar-refractivity contribution in [1.82, 2.24) is 10.6 Å². The second kappa shape index (κ2) is 8.03. The number of rotatable bonds is 9. The lowest BCUT2D eigenvalue weighted by molar-refractivity contribution is -0.138. The average molecular weight is 275 g/mol. The molecule has 9 heteroatoms. The Bertz CT molecular complexity index is 390. The number of nitrogens with one attached hydrogen (secondary N) is 2. The third kappa shape index (κ3) is 7.71. The predicted molar refractivity (Wildman–Crippen MR) is 64.7 cm³/mol. The van der Waals surface area contributed by atoms with E-state index in [9.17, 15) is 19.2 Å². The van der Waals surface area contributed by atoms with Crippen LogP contribution in [0.25, 0.3) is 0 Å². The molecule has 3 amide bonds. The molecule has 0 heterocycles. The molecule has 0 aliphatic heterocycles. The van der Waals surface area contributed by atoms with Crippen LogP contribution in [-0.2, 0) is 19.2 Å². The third-order valence-corrected chi connectivity index (χ3v) is 2.15. The maximum Gasteiger partial charge on any atom is 0.322 e. The molecule has 7 N–H and O–H groups in total. The Hall–Kier alpha value is -2.16. The molecule has 0 bridgehead atoms. The molecule has 0 unspecified atom stereocenters. The fraction of sp³-hybridized carbons (Fsp3) is 0.600. The minimum Gasteiger partial charge on any atom is -0.480 e. The van der Waals surface area contributed by atoms with E-state index in [0.717, 1.165) is 0 Å². The fourth-order valence-electron chi connectivity index (χ4n) is 1.12. The molecule has 0 aromatic carbocycles. The monoisotopic (exact) mass is 275 g/mol. The van der Waals surface area contributed by atoms with Crippen molar-refractivity contribution in [3.8, 4) is 0 Å². The van der Waals surface area contributed by atoms with E-state index in [1.807, 2.05) is 5.73 Å². The van der Waals surface area contributed by atoms with E-state index in [4.69, 9.17) is 12.3 Å². The summed E-state index contributed by atoms with van der Waals surface area (Å²) in [7, 11) is 0. The van der Waals surface area contributed by atoms with Crippen molar-refractivity contribution in [2.24, 2.45) is 11.5 Å². The van der Waals surface area contributed by atoms with Crippen LogP contribution in [0.5, 0.6) is 0 Å². The van der Waals surface area contributed by atoms with Crippen LogP contribution in [0.15, 0.2) is 0 Å². The van der Waals surface area contributed by atoms with Crippen molar-refractivity contribution >= 4 is 23.7 Å². The number of carbonyl (C=O) groups is 4. The van der Waals surface area contributed by atoms with Gasteiger partial charge in [0.15, 0.2) is 0 Å². The molecule has 0 aliphatic carbocycles. The minimum atomic E-state index is -1.19. The van der Waals surface area contributed by atoms with Gasteiger partial charge in [-0.1, -0.05) is 0 Å². The first-order chi connectivity index (χ1) is 9.27. The van der Waals surface area contributed by atoms with E-state index in [1.165, 1.54) is 6.92 Å². The molecular weight excluding hydrogens is 256 g/mol. The van der Waals surface area contributed by atoms with Crippen LogP contribution in [0.4, 0.5) is 0 Å². The Kier molecular flexibility index (Phi) is 6.30. The van der Waals surface area contributed by atoms with E-state index in [0.29, 0.717) is 0 Å². The second-order valence-electron chi connectivity index (χ2n) is 3.89. The normalized spacial score (nSPS) is 13.8. The summed E-state index contributed by atoms with van der Waals surface area (Å²) in [5.41, 5.74) is 7.04. The molecule has 108 valence electrons. The first-order valence-corrected chi connectivity index (χ1v) is 5.53. The van der Waals surface area contributed by atoms with E-state index in [1.54, 1.807) is 0 Å². The Morgan fingerprint density at radius 1 is 1.37 bits per heavy atom.